The van der Waals surface area contributed by atoms with Crippen LogP contribution in [0.4, 0.5) is 5.69 Å². The second kappa shape index (κ2) is 11.5. The molecule has 0 unspecified atom stereocenters. The smallest absolute Gasteiger partial charge is 0.255 e. The van der Waals surface area contributed by atoms with E-state index in [9.17, 15) is 4.79 Å². The molecule has 2 heterocycles. The highest BCUT2D eigenvalue weighted by Gasteiger charge is 2.14. The van der Waals surface area contributed by atoms with Crippen LogP contribution in [0.1, 0.15) is 21.5 Å². The van der Waals surface area contributed by atoms with Gasteiger partial charge in [0.05, 0.1) is 11.0 Å². The number of likely N-dealkylation sites (N-methyl/N-ethyl adjacent to an activating group) is 1. The Morgan fingerprint density at radius 1 is 0.875 bits per heavy atom. The van der Waals surface area contributed by atoms with Gasteiger partial charge in [0.2, 0.25) is 0 Å². The lowest BCUT2D eigenvalue weighted by atomic mass is 9.99. The van der Waals surface area contributed by atoms with Crippen molar-refractivity contribution in [1.29, 1.82) is 0 Å². The van der Waals surface area contributed by atoms with Gasteiger partial charge in [-0.25, -0.2) is 4.98 Å². The minimum absolute atomic E-state index is 0.133. The fourth-order valence-corrected chi connectivity index (χ4v) is 5.31. The number of fused-ring (bicyclic) bond motifs is 1. The Kier molecular flexibility index (Phi) is 7.45. The van der Waals surface area contributed by atoms with Crippen molar-refractivity contribution in [3.63, 3.8) is 0 Å². The van der Waals surface area contributed by atoms with E-state index in [4.69, 9.17) is 4.98 Å². The van der Waals surface area contributed by atoms with Gasteiger partial charge >= 0.3 is 0 Å². The number of nitrogens with one attached hydrogen (secondary N) is 2. The number of hydrogen-bond acceptors (Lipinski definition) is 4. The number of carbonyl (C=O) groups excluding carboxylic acids is 1. The Morgan fingerprint density at radius 3 is 2.35 bits per heavy atom. The van der Waals surface area contributed by atoms with E-state index in [1.807, 2.05) is 30.3 Å². The fourth-order valence-electron chi connectivity index (χ4n) is 5.31. The summed E-state index contributed by atoms with van der Waals surface area (Å²) < 4.78 is 0. The lowest BCUT2D eigenvalue weighted by molar-refractivity contribution is 0.102. The summed E-state index contributed by atoms with van der Waals surface area (Å²) in [5.74, 6) is 0.655. The third-order valence-corrected chi connectivity index (χ3v) is 7.88. The standard InChI is InChI=1S/C34H35N5O/c1-24-5-3-4-6-30(24)26-9-11-27(12-10-26)33-36-31-16-13-28(23-32(31)37-33)34(40)35-29-14-7-25(8-15-29)17-18-39-21-19-38(2)20-22-39/h3-16,23H,17-22H2,1-2H3,(H,35,40)(H,36,37). The summed E-state index contributed by atoms with van der Waals surface area (Å²) in [5, 5.41) is 3.04. The molecule has 1 amide bonds. The molecule has 0 spiro atoms. The molecule has 0 bridgehead atoms. The lowest BCUT2D eigenvalue weighted by Crippen LogP contribution is -2.45. The van der Waals surface area contributed by atoms with Gasteiger partial charge in [0.25, 0.3) is 5.91 Å². The number of imidazole rings is 1. The molecule has 6 rings (SSSR count). The first kappa shape index (κ1) is 26.0. The first-order valence-corrected chi connectivity index (χ1v) is 14.0. The number of aromatic amines is 1. The molecule has 4 aromatic carbocycles. The van der Waals surface area contributed by atoms with Gasteiger partial charge in [-0.3, -0.25) is 4.79 Å². The molecule has 1 saturated heterocycles. The van der Waals surface area contributed by atoms with Crippen molar-refractivity contribution in [1.82, 2.24) is 19.8 Å². The van der Waals surface area contributed by atoms with E-state index in [2.05, 4.69) is 94.7 Å². The van der Waals surface area contributed by atoms with Crippen LogP contribution in [0.15, 0.2) is 91.0 Å². The maximum atomic E-state index is 13.0. The second-order valence-corrected chi connectivity index (χ2v) is 10.8. The van der Waals surface area contributed by atoms with E-state index in [-0.39, 0.29) is 5.91 Å². The summed E-state index contributed by atoms with van der Waals surface area (Å²) in [6.45, 7) is 7.74. The molecule has 1 aliphatic heterocycles. The number of hydrogen-bond donors (Lipinski definition) is 2. The number of carbonyl (C=O) groups is 1. The number of nitrogens with zero attached hydrogens (tertiary/aromatic N) is 3. The van der Waals surface area contributed by atoms with Crippen molar-refractivity contribution in [3.05, 3.63) is 108 Å². The minimum Gasteiger partial charge on any atom is -0.338 e. The molecule has 5 aromatic rings. The highest BCUT2D eigenvalue weighted by Crippen LogP contribution is 2.27. The first-order chi connectivity index (χ1) is 19.5. The molecule has 1 fully saturated rings. The van der Waals surface area contributed by atoms with Gasteiger partial charge < -0.3 is 20.1 Å². The van der Waals surface area contributed by atoms with Crippen LogP contribution in [0, 0.1) is 6.92 Å². The molecule has 0 aliphatic carbocycles. The summed E-state index contributed by atoms with van der Waals surface area (Å²) in [6, 6.07) is 30.6. The van der Waals surface area contributed by atoms with Crippen molar-refractivity contribution < 1.29 is 4.79 Å². The van der Waals surface area contributed by atoms with E-state index in [1.165, 1.54) is 22.3 Å². The van der Waals surface area contributed by atoms with Gasteiger partial charge in [0.15, 0.2) is 0 Å². The number of piperazine rings is 1. The van der Waals surface area contributed by atoms with Gasteiger partial charge in [-0.15, -0.1) is 0 Å². The van der Waals surface area contributed by atoms with Crippen LogP contribution >= 0.6 is 0 Å². The van der Waals surface area contributed by atoms with Crippen LogP contribution in [-0.2, 0) is 6.42 Å². The Balaban J connectivity index is 1.10. The Labute approximate surface area is 235 Å². The zero-order valence-electron chi connectivity index (χ0n) is 23.2. The van der Waals surface area contributed by atoms with E-state index in [0.29, 0.717) is 5.56 Å². The molecule has 202 valence electrons. The molecular formula is C34H35N5O. The minimum atomic E-state index is -0.133. The number of benzene rings is 4. The van der Waals surface area contributed by atoms with Crippen molar-refractivity contribution in [2.24, 2.45) is 0 Å². The summed E-state index contributed by atoms with van der Waals surface area (Å²) in [6.07, 6.45) is 1.02. The Bertz CT molecular complexity index is 1610. The number of aromatic nitrogens is 2. The Morgan fingerprint density at radius 2 is 1.60 bits per heavy atom. The molecule has 0 atom stereocenters. The molecule has 40 heavy (non-hydrogen) atoms. The maximum absolute atomic E-state index is 13.0. The first-order valence-electron chi connectivity index (χ1n) is 14.0. The third-order valence-electron chi connectivity index (χ3n) is 7.88. The van der Waals surface area contributed by atoms with E-state index >= 15 is 0 Å². The van der Waals surface area contributed by atoms with Crippen LogP contribution in [0.25, 0.3) is 33.5 Å². The van der Waals surface area contributed by atoms with E-state index < -0.39 is 0 Å². The predicted molar refractivity (Wildman–Crippen MR) is 164 cm³/mol. The third kappa shape index (κ3) is 5.83. The number of H-pyrrole nitrogens is 1. The van der Waals surface area contributed by atoms with Gasteiger partial charge in [0.1, 0.15) is 5.82 Å². The quantitative estimate of drug-likeness (QED) is 0.262. The van der Waals surface area contributed by atoms with Crippen LogP contribution in [0.2, 0.25) is 0 Å². The van der Waals surface area contributed by atoms with Crippen molar-refractivity contribution >= 4 is 22.6 Å². The van der Waals surface area contributed by atoms with Crippen LogP contribution < -0.4 is 5.32 Å². The zero-order chi connectivity index (χ0) is 27.5. The van der Waals surface area contributed by atoms with Crippen LogP contribution in [-0.4, -0.2) is 65.4 Å². The van der Waals surface area contributed by atoms with Crippen LogP contribution in [0.3, 0.4) is 0 Å². The highest BCUT2D eigenvalue weighted by atomic mass is 16.1. The number of amides is 1. The molecule has 0 saturated carbocycles. The number of anilines is 1. The van der Waals surface area contributed by atoms with E-state index in [0.717, 1.165) is 67.3 Å². The number of aryl methyl sites for hydroxylation is 1. The lowest BCUT2D eigenvalue weighted by Gasteiger charge is -2.32. The molecule has 1 aromatic heterocycles. The van der Waals surface area contributed by atoms with Gasteiger partial charge in [0, 0.05) is 49.5 Å². The van der Waals surface area contributed by atoms with Crippen molar-refractivity contribution in [3.8, 4) is 22.5 Å². The normalized spacial score (nSPS) is 14.4. The van der Waals surface area contributed by atoms with Gasteiger partial charge in [-0.2, -0.15) is 0 Å². The van der Waals surface area contributed by atoms with Crippen molar-refractivity contribution in [2.45, 2.75) is 13.3 Å². The predicted octanol–water partition coefficient (Wildman–Crippen LogP) is 6.25. The maximum Gasteiger partial charge on any atom is 0.255 e. The highest BCUT2D eigenvalue weighted by molar-refractivity contribution is 6.06. The SMILES string of the molecule is Cc1ccccc1-c1ccc(-c2nc3ccc(C(=O)Nc4ccc(CCN5CCN(C)CC5)cc4)cc3[nH]2)cc1. The zero-order valence-corrected chi connectivity index (χ0v) is 23.2. The molecular weight excluding hydrogens is 494 g/mol. The summed E-state index contributed by atoms with van der Waals surface area (Å²) in [5.41, 5.74) is 9.02. The fraction of sp³-hybridized carbons (Fsp3) is 0.235. The average Bonchev–Trinajstić information content (AvgIpc) is 3.42. The van der Waals surface area contributed by atoms with Crippen LogP contribution in [0.5, 0.6) is 0 Å². The molecule has 1 aliphatic rings. The molecule has 6 heteroatoms. The van der Waals surface area contributed by atoms with Crippen molar-refractivity contribution in [2.75, 3.05) is 45.1 Å². The second-order valence-electron chi connectivity index (χ2n) is 10.8. The van der Waals surface area contributed by atoms with Gasteiger partial charge in [-0.05, 0) is 73.0 Å². The largest absolute Gasteiger partial charge is 0.338 e. The summed E-state index contributed by atoms with van der Waals surface area (Å²) in [7, 11) is 2.18. The Hall–Kier alpha value is -4.26. The summed E-state index contributed by atoms with van der Waals surface area (Å²) >= 11 is 0. The molecule has 6 nitrogen and oxygen atoms in total. The monoisotopic (exact) mass is 529 g/mol. The average molecular weight is 530 g/mol. The molecule has 2 N–H and O–H groups in total. The van der Waals surface area contributed by atoms with E-state index in [1.54, 1.807) is 0 Å². The topological polar surface area (TPSA) is 64.3 Å². The number of rotatable bonds is 7. The molecule has 0 radical (unpaired) electrons. The van der Waals surface area contributed by atoms with Gasteiger partial charge in [-0.1, -0.05) is 60.7 Å². The summed E-state index contributed by atoms with van der Waals surface area (Å²) in [4.78, 5) is 26.1.